The van der Waals surface area contributed by atoms with Crippen molar-refractivity contribution in [1.29, 1.82) is 0 Å². The minimum Gasteiger partial charge on any atom is -0.479 e. The predicted octanol–water partition coefficient (Wildman–Crippen LogP) is 1.92. The summed E-state index contributed by atoms with van der Waals surface area (Å²) in [4.78, 5) is 26.5. The molecular weight excluding hydrogens is 290 g/mol. The van der Waals surface area contributed by atoms with Crippen molar-refractivity contribution in [3.8, 4) is 0 Å². The fourth-order valence-electron chi connectivity index (χ4n) is 2.75. The number of carboxylic acids is 1. The van der Waals surface area contributed by atoms with Gasteiger partial charge in [0.1, 0.15) is 6.61 Å². The van der Waals surface area contributed by atoms with Gasteiger partial charge in [-0.3, -0.25) is 4.79 Å². The van der Waals surface area contributed by atoms with Crippen LogP contribution in [-0.2, 0) is 14.3 Å². The van der Waals surface area contributed by atoms with Crippen LogP contribution in [-0.4, -0.2) is 46.9 Å². The van der Waals surface area contributed by atoms with Crippen LogP contribution in [0.25, 0.3) is 0 Å². The van der Waals surface area contributed by atoms with Crippen molar-refractivity contribution in [2.45, 2.75) is 35.9 Å². The number of carbonyl (C=O) groups is 2. The van der Waals surface area contributed by atoms with Crippen LogP contribution in [0.4, 0.5) is 0 Å². The maximum absolute atomic E-state index is 12.2. The molecule has 1 saturated carbocycles. The largest absolute Gasteiger partial charge is 0.479 e. The van der Waals surface area contributed by atoms with Crippen LogP contribution in [0.2, 0.25) is 0 Å². The monoisotopic (exact) mass is 307 g/mol. The van der Waals surface area contributed by atoms with Gasteiger partial charge in [-0.05, 0) is 36.8 Å². The zero-order valence-corrected chi connectivity index (χ0v) is 12.5. The first-order valence-corrected chi connectivity index (χ1v) is 8.14. The zero-order chi connectivity index (χ0) is 15.0. The molecule has 2 unspecified atom stereocenters. The van der Waals surface area contributed by atoms with Crippen LogP contribution in [0.1, 0.15) is 24.4 Å². The summed E-state index contributed by atoms with van der Waals surface area (Å²) in [5, 5.41) is 9.41. The first-order valence-electron chi connectivity index (χ1n) is 6.91. The van der Waals surface area contributed by atoms with Gasteiger partial charge in [0.25, 0.3) is 0 Å². The van der Waals surface area contributed by atoms with Crippen molar-refractivity contribution in [3.05, 3.63) is 29.8 Å². The molecule has 1 aliphatic heterocycles. The molecule has 0 aromatic heterocycles. The molecule has 0 bridgehead atoms. The highest BCUT2D eigenvalue weighted by atomic mass is 32.2. The average Bonchev–Trinajstić information content (AvgIpc) is 3.31. The molecule has 0 radical (unpaired) electrons. The Morgan fingerprint density at radius 2 is 2.00 bits per heavy atom. The molecule has 0 spiro atoms. The highest BCUT2D eigenvalue weighted by Crippen LogP contribution is 2.39. The van der Waals surface area contributed by atoms with Crippen LogP contribution in [0, 0.1) is 0 Å². The van der Waals surface area contributed by atoms with E-state index in [4.69, 9.17) is 4.74 Å². The van der Waals surface area contributed by atoms with E-state index in [-0.39, 0.29) is 18.6 Å². The standard InChI is InChI=1S/C15H17NO4S/c1-21-11-6-2-9(3-7-11)13-14(15(18)19)20-8-12(17)16(13)10-4-5-10/h2-3,6-7,10,13-14H,4-5,8H2,1H3,(H,18,19). The lowest BCUT2D eigenvalue weighted by atomic mass is 9.97. The number of carbonyl (C=O) groups excluding carboxylic acids is 1. The third kappa shape index (κ3) is 2.78. The van der Waals surface area contributed by atoms with Gasteiger partial charge in [-0.25, -0.2) is 4.79 Å². The predicted molar refractivity (Wildman–Crippen MR) is 78.2 cm³/mol. The Hall–Kier alpha value is -1.53. The second-order valence-corrected chi connectivity index (χ2v) is 6.20. The van der Waals surface area contributed by atoms with E-state index >= 15 is 0 Å². The fourth-order valence-corrected chi connectivity index (χ4v) is 3.16. The summed E-state index contributed by atoms with van der Waals surface area (Å²) in [5.74, 6) is -1.14. The number of benzene rings is 1. The molecule has 2 fully saturated rings. The quantitative estimate of drug-likeness (QED) is 0.861. The van der Waals surface area contributed by atoms with E-state index in [1.807, 2.05) is 30.5 Å². The number of amides is 1. The van der Waals surface area contributed by atoms with Gasteiger partial charge in [0.15, 0.2) is 6.10 Å². The number of aliphatic carboxylic acids is 1. The van der Waals surface area contributed by atoms with E-state index in [2.05, 4.69) is 0 Å². The molecule has 1 aromatic rings. The Balaban J connectivity index is 1.97. The molecule has 2 atom stereocenters. The van der Waals surface area contributed by atoms with Crippen molar-refractivity contribution >= 4 is 23.6 Å². The molecule has 1 aromatic carbocycles. The minimum absolute atomic E-state index is 0.117. The van der Waals surface area contributed by atoms with E-state index in [1.54, 1.807) is 16.7 Å². The maximum Gasteiger partial charge on any atom is 0.335 e. The number of hydrogen-bond acceptors (Lipinski definition) is 4. The van der Waals surface area contributed by atoms with Crippen LogP contribution >= 0.6 is 11.8 Å². The van der Waals surface area contributed by atoms with E-state index in [0.29, 0.717) is 0 Å². The summed E-state index contributed by atoms with van der Waals surface area (Å²) < 4.78 is 5.29. The molecule has 112 valence electrons. The Morgan fingerprint density at radius 3 is 2.52 bits per heavy atom. The van der Waals surface area contributed by atoms with Gasteiger partial charge in [0, 0.05) is 10.9 Å². The van der Waals surface area contributed by atoms with E-state index in [0.717, 1.165) is 23.3 Å². The van der Waals surface area contributed by atoms with Crippen molar-refractivity contribution in [2.75, 3.05) is 12.9 Å². The smallest absolute Gasteiger partial charge is 0.335 e. The van der Waals surface area contributed by atoms with Gasteiger partial charge in [-0.2, -0.15) is 0 Å². The lowest BCUT2D eigenvalue weighted by Crippen LogP contribution is -2.52. The van der Waals surface area contributed by atoms with Crippen molar-refractivity contribution < 1.29 is 19.4 Å². The first-order chi connectivity index (χ1) is 10.1. The topological polar surface area (TPSA) is 66.8 Å². The summed E-state index contributed by atoms with van der Waals surface area (Å²) >= 11 is 1.62. The SMILES string of the molecule is CSc1ccc(C2C(C(=O)O)OCC(=O)N2C2CC2)cc1. The number of hydrogen-bond donors (Lipinski definition) is 1. The van der Waals surface area contributed by atoms with Gasteiger partial charge < -0.3 is 14.7 Å². The van der Waals surface area contributed by atoms with Crippen LogP contribution in [0.15, 0.2) is 29.2 Å². The molecule has 1 N–H and O–H groups in total. The maximum atomic E-state index is 12.2. The average molecular weight is 307 g/mol. The number of thioether (sulfide) groups is 1. The van der Waals surface area contributed by atoms with E-state index in [1.165, 1.54) is 0 Å². The lowest BCUT2D eigenvalue weighted by molar-refractivity contribution is -0.174. The summed E-state index contributed by atoms with van der Waals surface area (Å²) in [7, 11) is 0. The van der Waals surface area contributed by atoms with Crippen LogP contribution in [0.5, 0.6) is 0 Å². The Kier molecular flexibility index (Phi) is 3.91. The molecule has 21 heavy (non-hydrogen) atoms. The lowest BCUT2D eigenvalue weighted by Gasteiger charge is -2.39. The normalized spacial score (nSPS) is 26.0. The van der Waals surface area contributed by atoms with Crippen molar-refractivity contribution in [3.63, 3.8) is 0 Å². The summed E-state index contributed by atoms with van der Waals surface area (Å²) in [5.41, 5.74) is 0.820. The third-order valence-corrected chi connectivity index (χ3v) is 4.65. The fraction of sp³-hybridized carbons (Fsp3) is 0.467. The Labute approximate surface area is 127 Å². The molecule has 1 aliphatic carbocycles. The molecule has 2 aliphatic rings. The number of ether oxygens (including phenoxy) is 1. The molecule has 1 saturated heterocycles. The van der Waals surface area contributed by atoms with E-state index in [9.17, 15) is 14.7 Å². The number of morpholine rings is 1. The third-order valence-electron chi connectivity index (χ3n) is 3.90. The minimum atomic E-state index is -1.02. The Bertz CT molecular complexity index is 555. The highest BCUT2D eigenvalue weighted by molar-refractivity contribution is 7.98. The Morgan fingerprint density at radius 1 is 1.33 bits per heavy atom. The summed E-state index contributed by atoms with van der Waals surface area (Å²) in [6, 6.07) is 7.31. The number of nitrogens with zero attached hydrogens (tertiary/aromatic N) is 1. The van der Waals surface area contributed by atoms with Gasteiger partial charge in [0.2, 0.25) is 5.91 Å². The molecule has 5 nitrogen and oxygen atoms in total. The van der Waals surface area contributed by atoms with Gasteiger partial charge >= 0.3 is 5.97 Å². The van der Waals surface area contributed by atoms with Crippen molar-refractivity contribution in [1.82, 2.24) is 4.90 Å². The second-order valence-electron chi connectivity index (χ2n) is 5.32. The molecule has 1 heterocycles. The van der Waals surface area contributed by atoms with Crippen LogP contribution < -0.4 is 0 Å². The molecule has 3 rings (SSSR count). The van der Waals surface area contributed by atoms with E-state index < -0.39 is 18.1 Å². The highest BCUT2D eigenvalue weighted by Gasteiger charge is 2.47. The molecular formula is C15H17NO4S. The summed E-state index contributed by atoms with van der Waals surface area (Å²) in [6.45, 7) is -0.146. The van der Waals surface area contributed by atoms with Gasteiger partial charge in [-0.1, -0.05) is 12.1 Å². The van der Waals surface area contributed by atoms with Gasteiger partial charge in [-0.15, -0.1) is 11.8 Å². The van der Waals surface area contributed by atoms with Crippen molar-refractivity contribution in [2.24, 2.45) is 0 Å². The van der Waals surface area contributed by atoms with Crippen LogP contribution in [0.3, 0.4) is 0 Å². The number of rotatable bonds is 4. The molecule has 6 heteroatoms. The first kappa shape index (κ1) is 14.4. The number of carboxylic acid groups (broad SMARTS) is 1. The van der Waals surface area contributed by atoms with Gasteiger partial charge in [0.05, 0.1) is 6.04 Å². The summed E-state index contributed by atoms with van der Waals surface area (Å²) in [6.07, 6.45) is 2.87. The zero-order valence-electron chi connectivity index (χ0n) is 11.7. The molecule has 1 amide bonds. The second kappa shape index (κ2) is 5.69.